The maximum absolute atomic E-state index is 13.1. The molecule has 2 amide bonds. The number of carboxylic acids is 1. The number of allylic oxidation sites excluding steroid dienone is 2. The SMILES string of the molecule is O=C([O-])c1cc(-c2cccc(N3C(=O)[C@@H]4[C@H](C3=O)[C@@H]3C=C[C@H]4C3)c2)nc2ccccc12. The summed E-state index contributed by atoms with van der Waals surface area (Å²) < 4.78 is 0. The number of carbonyl (C=O) groups is 3. The molecule has 1 saturated heterocycles. The van der Waals surface area contributed by atoms with E-state index in [1.807, 2.05) is 0 Å². The summed E-state index contributed by atoms with van der Waals surface area (Å²) in [6.07, 6.45) is 5.02. The Morgan fingerprint density at radius 3 is 2.35 bits per heavy atom. The number of imide groups is 1. The van der Waals surface area contributed by atoms with Gasteiger partial charge in [-0.15, -0.1) is 0 Å². The normalized spacial score (nSPS) is 26.1. The molecular formula is C25H17N2O4-. The monoisotopic (exact) mass is 409 g/mol. The van der Waals surface area contributed by atoms with Crippen LogP contribution in [0.5, 0.6) is 0 Å². The van der Waals surface area contributed by atoms with Gasteiger partial charge in [-0.3, -0.25) is 9.59 Å². The number of carboxylic acid groups (broad SMARTS) is 1. The Balaban J connectivity index is 1.43. The van der Waals surface area contributed by atoms with Crippen LogP contribution in [0.2, 0.25) is 0 Å². The van der Waals surface area contributed by atoms with Crippen molar-refractivity contribution in [2.24, 2.45) is 23.7 Å². The molecule has 2 aliphatic carbocycles. The number of nitrogens with zero attached hydrogens (tertiary/aromatic N) is 2. The number of benzene rings is 2. The first-order valence-electron chi connectivity index (χ1n) is 10.3. The molecule has 1 aromatic heterocycles. The lowest BCUT2D eigenvalue weighted by atomic mass is 9.85. The summed E-state index contributed by atoms with van der Waals surface area (Å²) in [6.45, 7) is 0. The van der Waals surface area contributed by atoms with Crippen molar-refractivity contribution in [1.29, 1.82) is 0 Å². The summed E-state index contributed by atoms with van der Waals surface area (Å²) in [4.78, 5) is 43.8. The number of aromatic nitrogens is 1. The number of aromatic carboxylic acids is 1. The van der Waals surface area contributed by atoms with E-state index in [0.29, 0.717) is 27.8 Å². The molecule has 0 unspecified atom stereocenters. The van der Waals surface area contributed by atoms with Crippen molar-refractivity contribution in [1.82, 2.24) is 4.98 Å². The van der Waals surface area contributed by atoms with Crippen molar-refractivity contribution in [2.45, 2.75) is 6.42 Å². The number of pyridine rings is 1. The third-order valence-corrected chi connectivity index (χ3v) is 6.81. The molecule has 152 valence electrons. The van der Waals surface area contributed by atoms with Gasteiger partial charge < -0.3 is 9.90 Å². The van der Waals surface area contributed by atoms with Crippen LogP contribution in [0.25, 0.3) is 22.2 Å². The molecule has 2 bridgehead atoms. The van der Waals surface area contributed by atoms with Crippen molar-refractivity contribution in [3.8, 4) is 11.3 Å². The van der Waals surface area contributed by atoms with Crippen molar-refractivity contribution in [3.63, 3.8) is 0 Å². The van der Waals surface area contributed by atoms with Crippen molar-refractivity contribution < 1.29 is 19.5 Å². The third-order valence-electron chi connectivity index (χ3n) is 6.81. The van der Waals surface area contributed by atoms with E-state index in [4.69, 9.17) is 0 Å². The molecule has 2 aromatic carbocycles. The van der Waals surface area contributed by atoms with Crippen LogP contribution >= 0.6 is 0 Å². The maximum atomic E-state index is 13.1. The second-order valence-electron chi connectivity index (χ2n) is 8.42. The first-order chi connectivity index (χ1) is 15.0. The average Bonchev–Trinajstić information content (AvgIpc) is 3.46. The van der Waals surface area contributed by atoms with Gasteiger partial charge in [-0.05, 0) is 42.5 Å². The minimum absolute atomic E-state index is 0.0523. The summed E-state index contributed by atoms with van der Waals surface area (Å²) in [5.74, 6) is -1.82. The second kappa shape index (κ2) is 6.35. The van der Waals surface area contributed by atoms with Crippen molar-refractivity contribution in [2.75, 3.05) is 4.90 Å². The zero-order chi connectivity index (χ0) is 21.3. The molecule has 0 N–H and O–H groups in total. The Bertz CT molecular complexity index is 1300. The number of hydrogen-bond acceptors (Lipinski definition) is 5. The lowest BCUT2D eigenvalue weighted by molar-refractivity contribution is -0.254. The molecule has 6 heteroatoms. The van der Waals surface area contributed by atoms with Crippen molar-refractivity contribution >= 4 is 34.4 Å². The molecule has 1 saturated carbocycles. The van der Waals surface area contributed by atoms with Crippen LogP contribution in [0, 0.1) is 23.7 Å². The van der Waals surface area contributed by atoms with Crippen LogP contribution in [0.15, 0.2) is 66.7 Å². The standard InChI is InChI=1S/C25H18N2O4/c28-23-21-14-8-9-15(10-14)22(21)24(29)27(23)16-5-3-4-13(11-16)20-12-18(25(30)31)17-6-1-2-7-19(17)26-20/h1-9,11-12,14-15,21-22H,10H2,(H,30,31)/p-1/t14-,15+,21-,22+. The number of amides is 2. The molecule has 3 aromatic rings. The molecule has 1 aliphatic heterocycles. The third kappa shape index (κ3) is 2.51. The van der Waals surface area contributed by atoms with Gasteiger partial charge >= 0.3 is 0 Å². The lowest BCUT2D eigenvalue weighted by Crippen LogP contribution is -2.32. The van der Waals surface area contributed by atoms with Gasteiger partial charge in [0.2, 0.25) is 11.8 Å². The first-order valence-corrected chi connectivity index (χ1v) is 10.3. The molecular weight excluding hydrogens is 392 g/mol. The summed E-state index contributed by atoms with van der Waals surface area (Å²) >= 11 is 0. The summed E-state index contributed by atoms with van der Waals surface area (Å²) in [5.41, 5.74) is 2.16. The first kappa shape index (κ1) is 18.0. The van der Waals surface area contributed by atoms with Gasteiger partial charge in [0.1, 0.15) is 0 Å². The molecule has 31 heavy (non-hydrogen) atoms. The van der Waals surface area contributed by atoms with E-state index in [1.54, 1.807) is 48.5 Å². The topological polar surface area (TPSA) is 90.4 Å². The van der Waals surface area contributed by atoms with Crippen LogP contribution in [0.4, 0.5) is 5.69 Å². The number of hydrogen-bond donors (Lipinski definition) is 0. The predicted molar refractivity (Wildman–Crippen MR) is 112 cm³/mol. The van der Waals surface area contributed by atoms with Gasteiger partial charge in [-0.2, -0.15) is 0 Å². The highest BCUT2D eigenvalue weighted by Gasteiger charge is 2.59. The van der Waals surface area contributed by atoms with E-state index < -0.39 is 5.97 Å². The van der Waals surface area contributed by atoms with Gasteiger partial charge in [0, 0.05) is 16.5 Å². The number of fused-ring (bicyclic) bond motifs is 6. The van der Waals surface area contributed by atoms with Gasteiger partial charge in [-0.25, -0.2) is 9.88 Å². The highest BCUT2D eigenvalue weighted by molar-refractivity contribution is 6.23. The second-order valence-corrected chi connectivity index (χ2v) is 8.42. The fourth-order valence-electron chi connectivity index (χ4n) is 5.45. The van der Waals surface area contributed by atoms with Crippen LogP contribution < -0.4 is 10.0 Å². The summed E-state index contributed by atoms with van der Waals surface area (Å²) in [7, 11) is 0. The Hall–Kier alpha value is -3.80. The minimum atomic E-state index is -1.28. The Morgan fingerprint density at radius 2 is 1.65 bits per heavy atom. The minimum Gasteiger partial charge on any atom is -0.545 e. The fraction of sp³-hybridized carbons (Fsp3) is 0.200. The molecule has 6 rings (SSSR count). The van der Waals surface area contributed by atoms with E-state index in [2.05, 4.69) is 17.1 Å². The number of para-hydroxylation sites is 1. The zero-order valence-corrected chi connectivity index (χ0v) is 16.4. The summed E-state index contributed by atoms with van der Waals surface area (Å²) in [6, 6.07) is 15.4. The number of carbonyl (C=O) groups excluding carboxylic acids is 3. The number of rotatable bonds is 3. The van der Waals surface area contributed by atoms with Gasteiger partial charge in [0.05, 0.1) is 34.7 Å². The van der Waals surface area contributed by atoms with E-state index in [1.165, 1.54) is 11.0 Å². The lowest BCUT2D eigenvalue weighted by Gasteiger charge is -2.18. The smallest absolute Gasteiger partial charge is 0.238 e. The van der Waals surface area contributed by atoms with Crippen LogP contribution in [0.1, 0.15) is 16.8 Å². The average molecular weight is 409 g/mol. The quantitative estimate of drug-likeness (QED) is 0.490. The molecule has 2 fully saturated rings. The largest absolute Gasteiger partial charge is 0.545 e. The fourth-order valence-corrected chi connectivity index (χ4v) is 5.45. The summed E-state index contributed by atoms with van der Waals surface area (Å²) in [5, 5.41) is 12.2. The Kier molecular flexibility index (Phi) is 3.69. The van der Waals surface area contributed by atoms with Gasteiger partial charge in [0.25, 0.3) is 0 Å². The van der Waals surface area contributed by atoms with E-state index in [9.17, 15) is 19.5 Å². The van der Waals surface area contributed by atoms with E-state index in [0.717, 1.165) is 6.42 Å². The van der Waals surface area contributed by atoms with Gasteiger partial charge in [0.15, 0.2) is 0 Å². The predicted octanol–water partition coefficient (Wildman–Crippen LogP) is 2.58. The zero-order valence-electron chi connectivity index (χ0n) is 16.4. The molecule has 4 atom stereocenters. The highest BCUT2D eigenvalue weighted by Crippen LogP contribution is 2.53. The van der Waals surface area contributed by atoms with E-state index in [-0.39, 0.29) is 41.0 Å². The number of anilines is 1. The highest BCUT2D eigenvalue weighted by atomic mass is 16.4. The van der Waals surface area contributed by atoms with Gasteiger partial charge in [-0.1, -0.05) is 42.5 Å². The molecule has 6 nitrogen and oxygen atoms in total. The van der Waals surface area contributed by atoms with Crippen LogP contribution in [-0.2, 0) is 9.59 Å². The Morgan fingerprint density at radius 1 is 0.935 bits per heavy atom. The Labute approximate surface area is 177 Å². The molecule has 2 heterocycles. The molecule has 0 radical (unpaired) electrons. The van der Waals surface area contributed by atoms with Crippen LogP contribution in [-0.4, -0.2) is 22.8 Å². The molecule has 3 aliphatic rings. The van der Waals surface area contributed by atoms with E-state index >= 15 is 0 Å². The van der Waals surface area contributed by atoms with Crippen molar-refractivity contribution in [3.05, 3.63) is 72.3 Å². The van der Waals surface area contributed by atoms with Crippen LogP contribution in [0.3, 0.4) is 0 Å². The maximum Gasteiger partial charge on any atom is 0.238 e. The molecule has 0 spiro atoms.